The first-order chi connectivity index (χ1) is 10.9. The lowest BCUT2D eigenvalue weighted by Gasteiger charge is -2.29. The molecule has 2 fully saturated rings. The van der Waals surface area contributed by atoms with Crippen LogP contribution in [0.4, 0.5) is 0 Å². The van der Waals surface area contributed by atoms with E-state index in [1.807, 2.05) is 0 Å². The average Bonchev–Trinajstić information content (AvgIpc) is 3.14. The number of hydrogen-bond acceptors (Lipinski definition) is 7. The molecule has 2 aliphatic heterocycles. The van der Waals surface area contributed by atoms with Crippen LogP contribution in [0, 0.1) is 0 Å². The van der Waals surface area contributed by atoms with Gasteiger partial charge in [0.15, 0.2) is 0 Å². The van der Waals surface area contributed by atoms with Gasteiger partial charge < -0.3 is 14.4 Å². The molecule has 2 heterocycles. The summed E-state index contributed by atoms with van der Waals surface area (Å²) in [6.07, 6.45) is 2.76. The van der Waals surface area contributed by atoms with Gasteiger partial charge in [0.05, 0.1) is 26.8 Å². The molecule has 1 N–H and O–H groups in total. The first-order valence-electron chi connectivity index (χ1n) is 7.82. The smallest absolute Gasteiger partial charge is 0.323 e. The van der Waals surface area contributed by atoms with Crippen molar-refractivity contribution >= 4 is 19.3 Å². The molecule has 0 spiro atoms. The molecule has 9 heteroatoms. The van der Waals surface area contributed by atoms with Gasteiger partial charge in [-0.25, -0.2) is 0 Å². The van der Waals surface area contributed by atoms with Crippen LogP contribution in [0.2, 0.25) is 0 Å². The molecule has 2 aliphatic rings. The van der Waals surface area contributed by atoms with E-state index in [1.165, 1.54) is 14.2 Å². The Kier molecular flexibility index (Phi) is 6.19. The molecule has 2 saturated heterocycles. The van der Waals surface area contributed by atoms with Crippen molar-refractivity contribution < 1.29 is 28.5 Å². The maximum Gasteiger partial charge on any atom is 0.323 e. The van der Waals surface area contributed by atoms with E-state index in [4.69, 9.17) is 9.47 Å². The summed E-state index contributed by atoms with van der Waals surface area (Å²) in [5.74, 6) is -0.729. The summed E-state index contributed by atoms with van der Waals surface area (Å²) in [6, 6.07) is -0.897. The van der Waals surface area contributed by atoms with Crippen LogP contribution in [0.1, 0.15) is 25.7 Å². The molecule has 0 aromatic rings. The molecule has 0 saturated carbocycles. The first kappa shape index (κ1) is 18.4. The van der Waals surface area contributed by atoms with Gasteiger partial charge >= 0.3 is 11.9 Å². The van der Waals surface area contributed by atoms with Gasteiger partial charge in [-0.1, -0.05) is 0 Å². The lowest BCUT2D eigenvalue weighted by Crippen LogP contribution is -2.40. The predicted molar refractivity (Wildman–Crippen MR) is 83.0 cm³/mol. The number of rotatable bonds is 6. The van der Waals surface area contributed by atoms with E-state index >= 15 is 0 Å². The van der Waals surface area contributed by atoms with Crippen molar-refractivity contribution in [3.63, 3.8) is 0 Å². The summed E-state index contributed by atoms with van der Waals surface area (Å²) in [5.41, 5.74) is 0. The largest absolute Gasteiger partial charge is 0.468 e. The number of esters is 2. The van der Waals surface area contributed by atoms with E-state index < -0.39 is 19.5 Å². The molecule has 2 rings (SSSR count). The van der Waals surface area contributed by atoms with Crippen molar-refractivity contribution in [2.45, 2.75) is 37.8 Å². The Morgan fingerprint density at radius 3 is 1.74 bits per heavy atom. The number of likely N-dealkylation sites (tertiary alicyclic amines) is 2. The maximum absolute atomic E-state index is 12.6. The van der Waals surface area contributed by atoms with E-state index in [0.717, 1.165) is 12.8 Å². The number of carbonyl (C=O) groups excluding carboxylic acids is 2. The Balaban J connectivity index is 1.97. The van der Waals surface area contributed by atoms with E-state index in [2.05, 4.69) is 0 Å². The molecule has 0 aliphatic carbocycles. The van der Waals surface area contributed by atoms with Crippen LogP contribution in [0.5, 0.6) is 0 Å². The van der Waals surface area contributed by atoms with Gasteiger partial charge in [-0.15, -0.1) is 0 Å². The third-order valence-corrected chi connectivity index (χ3v) is 6.09. The van der Waals surface area contributed by atoms with Gasteiger partial charge in [0, 0.05) is 0 Å². The molecule has 0 bridgehead atoms. The Morgan fingerprint density at radius 2 is 1.39 bits per heavy atom. The second-order valence-electron chi connectivity index (χ2n) is 6.12. The minimum Gasteiger partial charge on any atom is -0.468 e. The molecular formula is C14H25N2O6P. The zero-order valence-corrected chi connectivity index (χ0v) is 14.5. The van der Waals surface area contributed by atoms with Crippen LogP contribution < -0.4 is 0 Å². The Morgan fingerprint density at radius 1 is 1.00 bits per heavy atom. The number of ether oxygens (including phenoxy) is 2. The molecule has 132 valence electrons. The molecule has 0 radical (unpaired) electrons. The fourth-order valence-electron chi connectivity index (χ4n) is 3.41. The van der Waals surface area contributed by atoms with Crippen LogP contribution in [0.3, 0.4) is 0 Å². The zero-order valence-electron chi connectivity index (χ0n) is 13.6. The SMILES string of the molecule is COC(=O)C1CCCN1CP(=O)(O)CN1CCCC1C(=O)OC. The van der Waals surface area contributed by atoms with Crippen molar-refractivity contribution in [3.8, 4) is 0 Å². The summed E-state index contributed by atoms with van der Waals surface area (Å²) in [5, 5.41) is 0. The topological polar surface area (TPSA) is 96.4 Å². The fraction of sp³-hybridized carbons (Fsp3) is 0.857. The summed E-state index contributed by atoms with van der Waals surface area (Å²) in [4.78, 5) is 37.2. The van der Waals surface area contributed by atoms with Gasteiger partial charge in [-0.05, 0) is 38.8 Å². The third kappa shape index (κ3) is 4.53. The highest BCUT2D eigenvalue weighted by Gasteiger charge is 2.39. The quantitative estimate of drug-likeness (QED) is 0.546. The highest BCUT2D eigenvalue weighted by molar-refractivity contribution is 7.57. The van der Waals surface area contributed by atoms with Crippen LogP contribution in [0.15, 0.2) is 0 Å². The summed E-state index contributed by atoms with van der Waals surface area (Å²) in [6.45, 7) is 1.20. The second-order valence-corrected chi connectivity index (χ2v) is 8.37. The van der Waals surface area contributed by atoms with Crippen LogP contribution >= 0.6 is 7.37 Å². The van der Waals surface area contributed by atoms with Crippen LogP contribution in [-0.2, 0) is 23.6 Å². The van der Waals surface area contributed by atoms with Gasteiger partial charge in [0.2, 0.25) is 7.37 Å². The maximum atomic E-state index is 12.6. The number of carbonyl (C=O) groups is 2. The number of nitrogens with zero attached hydrogens (tertiary/aromatic N) is 2. The Bertz CT molecular complexity index is 460. The first-order valence-corrected chi connectivity index (χ1v) is 9.85. The Labute approximate surface area is 136 Å². The van der Waals surface area contributed by atoms with Gasteiger partial charge in [-0.3, -0.25) is 24.0 Å². The van der Waals surface area contributed by atoms with Crippen molar-refractivity contribution in [2.24, 2.45) is 0 Å². The predicted octanol–water partition coefficient (Wildman–Crippen LogP) is 0.447. The lowest BCUT2D eigenvalue weighted by atomic mass is 10.2. The molecule has 2 unspecified atom stereocenters. The van der Waals surface area contributed by atoms with E-state index in [-0.39, 0.29) is 24.5 Å². The van der Waals surface area contributed by atoms with Crippen molar-refractivity contribution in [3.05, 3.63) is 0 Å². The summed E-state index contributed by atoms with van der Waals surface area (Å²) < 4.78 is 22.1. The van der Waals surface area contributed by atoms with E-state index in [0.29, 0.717) is 25.9 Å². The summed E-state index contributed by atoms with van der Waals surface area (Å²) in [7, 11) is -0.886. The lowest BCUT2D eigenvalue weighted by molar-refractivity contribution is -0.146. The van der Waals surface area contributed by atoms with Gasteiger partial charge in [-0.2, -0.15) is 0 Å². The minimum atomic E-state index is -3.53. The van der Waals surface area contributed by atoms with E-state index in [1.54, 1.807) is 9.80 Å². The monoisotopic (exact) mass is 348 g/mol. The Hall–Kier alpha value is -0.950. The standard InChI is InChI=1S/C14H25N2O6P/c1-21-13(17)11-5-3-7-15(11)9-23(19,20)10-16-8-4-6-12(16)14(18)22-2/h11-12H,3-10H2,1-2H3,(H,19,20). The van der Waals surface area contributed by atoms with E-state index in [9.17, 15) is 19.0 Å². The molecular weight excluding hydrogens is 323 g/mol. The number of hydrogen-bond donors (Lipinski definition) is 1. The highest BCUT2D eigenvalue weighted by atomic mass is 31.2. The van der Waals surface area contributed by atoms with Gasteiger partial charge in [0.25, 0.3) is 0 Å². The number of methoxy groups -OCH3 is 2. The molecule has 0 aromatic carbocycles. The second kappa shape index (κ2) is 7.75. The minimum absolute atomic E-state index is 0.0584. The molecule has 23 heavy (non-hydrogen) atoms. The molecule has 2 atom stereocenters. The average molecular weight is 348 g/mol. The zero-order chi connectivity index (χ0) is 17.0. The van der Waals surface area contributed by atoms with Crippen molar-refractivity contribution in [1.82, 2.24) is 9.80 Å². The van der Waals surface area contributed by atoms with Crippen LogP contribution in [-0.4, -0.2) is 78.6 Å². The fourth-order valence-corrected chi connectivity index (χ4v) is 5.31. The molecule has 8 nitrogen and oxygen atoms in total. The molecule has 0 amide bonds. The van der Waals surface area contributed by atoms with Crippen LogP contribution in [0.25, 0.3) is 0 Å². The summed E-state index contributed by atoms with van der Waals surface area (Å²) >= 11 is 0. The third-order valence-electron chi connectivity index (χ3n) is 4.48. The molecule has 0 aromatic heterocycles. The highest BCUT2D eigenvalue weighted by Crippen LogP contribution is 2.45. The van der Waals surface area contributed by atoms with Gasteiger partial charge in [0.1, 0.15) is 12.1 Å². The normalized spacial score (nSPS) is 28.5. The van der Waals surface area contributed by atoms with Crippen molar-refractivity contribution in [2.75, 3.05) is 39.9 Å². The van der Waals surface area contributed by atoms with Crippen molar-refractivity contribution in [1.29, 1.82) is 0 Å².